The molecule has 0 unspecified atom stereocenters. The molecule has 4 nitrogen and oxygen atoms in total. The highest BCUT2D eigenvalue weighted by Crippen LogP contribution is 2.22. The maximum absolute atomic E-state index is 14.1. The lowest BCUT2D eigenvalue weighted by molar-refractivity contribution is 0.102. The molecule has 104 valence electrons. The molecule has 3 rings (SSSR count). The Morgan fingerprint density at radius 2 is 1.90 bits per heavy atom. The van der Waals surface area contributed by atoms with Crippen LogP contribution < -0.4 is 5.32 Å². The molecule has 21 heavy (non-hydrogen) atoms. The van der Waals surface area contributed by atoms with Crippen molar-refractivity contribution in [3.63, 3.8) is 0 Å². The summed E-state index contributed by atoms with van der Waals surface area (Å²) in [6.45, 7) is 0. The molecule has 0 radical (unpaired) electrons. The first-order valence-corrected chi connectivity index (χ1v) is 7.04. The van der Waals surface area contributed by atoms with Crippen molar-refractivity contribution in [1.29, 1.82) is 0 Å². The summed E-state index contributed by atoms with van der Waals surface area (Å²) in [5, 5.41) is 10.1. The van der Waals surface area contributed by atoms with Gasteiger partial charge in [-0.2, -0.15) is 0 Å². The third kappa shape index (κ3) is 2.95. The van der Waals surface area contributed by atoms with Gasteiger partial charge in [-0.25, -0.2) is 4.39 Å². The number of hydrogen-bond acceptors (Lipinski definition) is 4. The number of hydrogen-bond donors (Lipinski definition) is 1. The van der Waals surface area contributed by atoms with Crippen LogP contribution in [0.3, 0.4) is 0 Å². The second-order valence-electron chi connectivity index (χ2n) is 4.26. The minimum Gasteiger partial charge on any atom is -0.296 e. The van der Waals surface area contributed by atoms with E-state index >= 15 is 0 Å². The van der Waals surface area contributed by atoms with Gasteiger partial charge in [-0.05, 0) is 23.3 Å². The van der Waals surface area contributed by atoms with E-state index in [2.05, 4.69) is 15.5 Å². The minimum absolute atomic E-state index is 0.0233. The molecule has 0 saturated heterocycles. The molecule has 0 aliphatic heterocycles. The Balaban J connectivity index is 1.86. The average molecular weight is 299 g/mol. The quantitative estimate of drug-likeness (QED) is 0.804. The van der Waals surface area contributed by atoms with Crippen LogP contribution in [0.1, 0.15) is 10.4 Å². The standard InChI is InChI=1S/C15H10FN3OS/c16-13-8-11(10-4-2-1-3-5-10)6-7-12(13)14(20)18-15-19-17-9-21-15/h1-9H,(H,18,19,20). The molecule has 1 amide bonds. The highest BCUT2D eigenvalue weighted by molar-refractivity contribution is 7.13. The van der Waals surface area contributed by atoms with Crippen LogP contribution >= 0.6 is 11.3 Å². The van der Waals surface area contributed by atoms with Crippen LogP contribution in [0.2, 0.25) is 0 Å². The Bertz CT molecular complexity index is 760. The van der Waals surface area contributed by atoms with Crippen molar-refractivity contribution in [2.24, 2.45) is 0 Å². The van der Waals surface area contributed by atoms with E-state index < -0.39 is 11.7 Å². The normalized spacial score (nSPS) is 10.3. The summed E-state index contributed by atoms with van der Waals surface area (Å²) in [5.41, 5.74) is 3.09. The fourth-order valence-corrected chi connectivity index (χ4v) is 2.34. The maximum Gasteiger partial charge on any atom is 0.260 e. The van der Waals surface area contributed by atoms with Crippen molar-refractivity contribution < 1.29 is 9.18 Å². The van der Waals surface area contributed by atoms with Gasteiger partial charge in [0.2, 0.25) is 5.13 Å². The number of carbonyl (C=O) groups excluding carboxylic acids is 1. The smallest absolute Gasteiger partial charge is 0.260 e. The van der Waals surface area contributed by atoms with Crippen molar-refractivity contribution in [2.75, 3.05) is 5.32 Å². The lowest BCUT2D eigenvalue weighted by Gasteiger charge is -2.06. The number of carbonyl (C=O) groups is 1. The topological polar surface area (TPSA) is 54.9 Å². The van der Waals surface area contributed by atoms with Crippen molar-refractivity contribution in [3.05, 3.63) is 65.4 Å². The Kier molecular flexibility index (Phi) is 3.70. The first kappa shape index (κ1) is 13.4. The Morgan fingerprint density at radius 3 is 2.57 bits per heavy atom. The van der Waals surface area contributed by atoms with E-state index in [-0.39, 0.29) is 5.56 Å². The summed E-state index contributed by atoms with van der Waals surface area (Å²) in [5.74, 6) is -1.11. The van der Waals surface area contributed by atoms with Gasteiger partial charge in [0.05, 0.1) is 5.56 Å². The number of anilines is 1. The van der Waals surface area contributed by atoms with E-state index in [4.69, 9.17) is 0 Å². The number of aromatic nitrogens is 2. The number of amides is 1. The highest BCUT2D eigenvalue weighted by atomic mass is 32.1. The van der Waals surface area contributed by atoms with Crippen LogP contribution in [-0.2, 0) is 0 Å². The molecule has 1 N–H and O–H groups in total. The average Bonchev–Trinajstić information content (AvgIpc) is 3.01. The van der Waals surface area contributed by atoms with E-state index in [1.165, 1.54) is 29.0 Å². The van der Waals surface area contributed by atoms with Crippen LogP contribution in [0, 0.1) is 5.82 Å². The molecular formula is C15H10FN3OS. The van der Waals surface area contributed by atoms with E-state index in [0.717, 1.165) is 11.1 Å². The fourth-order valence-electron chi connectivity index (χ4n) is 1.90. The lowest BCUT2D eigenvalue weighted by Crippen LogP contribution is -2.13. The fraction of sp³-hybridized carbons (Fsp3) is 0. The van der Waals surface area contributed by atoms with E-state index in [0.29, 0.717) is 5.13 Å². The number of benzene rings is 2. The largest absolute Gasteiger partial charge is 0.296 e. The first-order valence-electron chi connectivity index (χ1n) is 6.16. The van der Waals surface area contributed by atoms with Crippen LogP contribution in [0.15, 0.2) is 54.0 Å². The molecule has 0 atom stereocenters. The summed E-state index contributed by atoms with van der Waals surface area (Å²) < 4.78 is 14.1. The van der Waals surface area contributed by atoms with Crippen LogP contribution in [-0.4, -0.2) is 16.1 Å². The number of rotatable bonds is 3. The molecule has 6 heteroatoms. The third-order valence-corrected chi connectivity index (χ3v) is 3.51. The summed E-state index contributed by atoms with van der Waals surface area (Å²) in [6.07, 6.45) is 0. The Hall–Kier alpha value is -2.60. The molecule has 0 fully saturated rings. The zero-order valence-corrected chi connectivity index (χ0v) is 11.6. The number of halogens is 1. The van der Waals surface area contributed by atoms with Crippen LogP contribution in [0.4, 0.5) is 9.52 Å². The van der Waals surface area contributed by atoms with Crippen molar-refractivity contribution in [3.8, 4) is 11.1 Å². The molecule has 1 heterocycles. The molecule has 2 aromatic carbocycles. The summed E-state index contributed by atoms with van der Waals surface area (Å²) in [6, 6.07) is 14.0. The summed E-state index contributed by atoms with van der Waals surface area (Å²) in [4.78, 5) is 12.0. The second-order valence-corrected chi connectivity index (χ2v) is 5.09. The van der Waals surface area contributed by atoms with Gasteiger partial charge in [0, 0.05) is 0 Å². The minimum atomic E-state index is -0.571. The monoisotopic (exact) mass is 299 g/mol. The van der Waals surface area contributed by atoms with Gasteiger partial charge in [0.1, 0.15) is 11.3 Å². The van der Waals surface area contributed by atoms with E-state index in [1.54, 1.807) is 6.07 Å². The molecule has 1 aromatic heterocycles. The second kappa shape index (κ2) is 5.80. The summed E-state index contributed by atoms with van der Waals surface area (Å²) >= 11 is 1.18. The van der Waals surface area contributed by atoms with Gasteiger partial charge in [-0.15, -0.1) is 10.2 Å². The molecule has 0 spiro atoms. The Labute approximate surface area is 124 Å². The highest BCUT2D eigenvalue weighted by Gasteiger charge is 2.14. The zero-order valence-electron chi connectivity index (χ0n) is 10.8. The molecule has 0 bridgehead atoms. The molecule has 0 saturated carbocycles. The van der Waals surface area contributed by atoms with Gasteiger partial charge >= 0.3 is 0 Å². The van der Waals surface area contributed by atoms with Gasteiger partial charge < -0.3 is 0 Å². The van der Waals surface area contributed by atoms with Crippen LogP contribution in [0.5, 0.6) is 0 Å². The SMILES string of the molecule is O=C(Nc1nncs1)c1ccc(-c2ccccc2)cc1F. The predicted octanol–water partition coefficient (Wildman–Crippen LogP) is 3.60. The van der Waals surface area contributed by atoms with Gasteiger partial charge in [-0.3, -0.25) is 10.1 Å². The van der Waals surface area contributed by atoms with Crippen molar-refractivity contribution in [1.82, 2.24) is 10.2 Å². The molecule has 0 aliphatic rings. The number of nitrogens with one attached hydrogen (secondary N) is 1. The molecule has 3 aromatic rings. The van der Waals surface area contributed by atoms with Gasteiger partial charge in [0.25, 0.3) is 5.91 Å². The third-order valence-electron chi connectivity index (χ3n) is 2.90. The van der Waals surface area contributed by atoms with Crippen molar-refractivity contribution >= 4 is 22.4 Å². The van der Waals surface area contributed by atoms with E-state index in [1.807, 2.05) is 30.3 Å². The van der Waals surface area contributed by atoms with Crippen LogP contribution in [0.25, 0.3) is 11.1 Å². The molecule has 0 aliphatic carbocycles. The van der Waals surface area contributed by atoms with Gasteiger partial charge in [-0.1, -0.05) is 47.7 Å². The van der Waals surface area contributed by atoms with E-state index in [9.17, 15) is 9.18 Å². The first-order chi connectivity index (χ1) is 10.2. The predicted molar refractivity (Wildman–Crippen MR) is 79.7 cm³/mol. The number of nitrogens with zero attached hydrogens (tertiary/aromatic N) is 2. The zero-order chi connectivity index (χ0) is 14.7. The van der Waals surface area contributed by atoms with Crippen molar-refractivity contribution in [2.45, 2.75) is 0 Å². The molecular weight excluding hydrogens is 289 g/mol. The Morgan fingerprint density at radius 1 is 1.10 bits per heavy atom. The lowest BCUT2D eigenvalue weighted by atomic mass is 10.0. The van der Waals surface area contributed by atoms with Gasteiger partial charge in [0.15, 0.2) is 0 Å². The summed E-state index contributed by atoms with van der Waals surface area (Å²) in [7, 11) is 0. The maximum atomic E-state index is 14.1.